The molecule has 36 heavy (non-hydrogen) atoms. The standard InChI is InChI=1S/C24H26F3N5O4/c1-14-9-19(29-22(28-14)30-7-4-24(26,27)5-8-30)36-21(33)20-17(25)10-16(32(34)35)11-18(20)31-6-3-23(2)12-15(23)13-31/h9-11,15H,3-8,12-13H2,1-2H3/t15-,23-/m0/s1. The first-order valence-corrected chi connectivity index (χ1v) is 11.9. The minimum Gasteiger partial charge on any atom is -0.404 e. The third-order valence-corrected chi connectivity index (χ3v) is 7.54. The van der Waals surface area contributed by atoms with E-state index in [1.807, 2.05) is 0 Å². The summed E-state index contributed by atoms with van der Waals surface area (Å²) in [7, 11) is 0. The number of alkyl halides is 2. The molecule has 192 valence electrons. The second-order valence-electron chi connectivity index (χ2n) is 10.2. The van der Waals surface area contributed by atoms with E-state index in [4.69, 9.17) is 4.74 Å². The van der Waals surface area contributed by atoms with Crippen LogP contribution in [0, 0.1) is 34.2 Å². The first kappa shape index (κ1) is 24.3. The van der Waals surface area contributed by atoms with Crippen LogP contribution in [0.1, 0.15) is 48.7 Å². The van der Waals surface area contributed by atoms with Crippen LogP contribution in [-0.4, -0.2) is 53.0 Å². The Morgan fingerprint density at radius 1 is 1.14 bits per heavy atom. The van der Waals surface area contributed by atoms with E-state index in [1.54, 1.807) is 16.7 Å². The van der Waals surface area contributed by atoms with E-state index in [2.05, 4.69) is 16.9 Å². The Balaban J connectivity index is 1.43. The number of halogens is 3. The van der Waals surface area contributed by atoms with Gasteiger partial charge in [0.1, 0.15) is 11.4 Å². The highest BCUT2D eigenvalue weighted by atomic mass is 19.3. The Morgan fingerprint density at radius 2 is 1.83 bits per heavy atom. The third-order valence-electron chi connectivity index (χ3n) is 7.54. The van der Waals surface area contributed by atoms with Gasteiger partial charge in [0.15, 0.2) is 0 Å². The van der Waals surface area contributed by atoms with Crippen LogP contribution in [0.4, 0.5) is 30.5 Å². The first-order chi connectivity index (χ1) is 16.9. The van der Waals surface area contributed by atoms with Crippen molar-refractivity contribution >= 4 is 23.3 Å². The lowest BCUT2D eigenvalue weighted by molar-refractivity contribution is -0.385. The molecule has 3 aliphatic rings. The number of fused-ring (bicyclic) bond motifs is 1. The summed E-state index contributed by atoms with van der Waals surface area (Å²) in [6.07, 6.45) is 1.17. The molecule has 0 N–H and O–H groups in total. The van der Waals surface area contributed by atoms with Crippen LogP contribution in [0.15, 0.2) is 18.2 Å². The summed E-state index contributed by atoms with van der Waals surface area (Å²) < 4.78 is 47.7. The maximum Gasteiger partial charge on any atom is 0.350 e. The van der Waals surface area contributed by atoms with Crippen LogP contribution in [0.25, 0.3) is 0 Å². The number of ether oxygens (including phenoxy) is 1. The van der Waals surface area contributed by atoms with Gasteiger partial charge in [0.05, 0.1) is 16.7 Å². The van der Waals surface area contributed by atoms with Crippen molar-refractivity contribution in [1.29, 1.82) is 0 Å². The molecule has 2 aliphatic heterocycles. The van der Waals surface area contributed by atoms with E-state index in [0.29, 0.717) is 30.8 Å². The van der Waals surface area contributed by atoms with Crippen molar-refractivity contribution in [2.24, 2.45) is 11.3 Å². The molecular weight excluding hydrogens is 479 g/mol. The van der Waals surface area contributed by atoms with Gasteiger partial charge in [-0.1, -0.05) is 6.92 Å². The minimum absolute atomic E-state index is 0.0417. The highest BCUT2D eigenvalue weighted by molar-refractivity contribution is 5.98. The van der Waals surface area contributed by atoms with Crippen LogP contribution in [0.2, 0.25) is 0 Å². The van der Waals surface area contributed by atoms with E-state index >= 15 is 4.39 Å². The number of anilines is 2. The zero-order valence-corrected chi connectivity index (χ0v) is 20.0. The molecule has 2 aromatic rings. The second-order valence-corrected chi connectivity index (χ2v) is 10.2. The van der Waals surface area contributed by atoms with Crippen molar-refractivity contribution in [1.82, 2.24) is 9.97 Å². The van der Waals surface area contributed by atoms with E-state index in [1.165, 1.54) is 12.1 Å². The van der Waals surface area contributed by atoms with Gasteiger partial charge in [-0.3, -0.25) is 10.1 Å². The van der Waals surface area contributed by atoms with E-state index in [0.717, 1.165) is 12.8 Å². The quantitative estimate of drug-likeness (QED) is 0.332. The number of piperidine rings is 2. The number of carbonyl (C=O) groups excluding carboxylic acids is 1. The summed E-state index contributed by atoms with van der Waals surface area (Å²) >= 11 is 0. The monoisotopic (exact) mass is 505 g/mol. The van der Waals surface area contributed by atoms with Gasteiger partial charge < -0.3 is 14.5 Å². The summed E-state index contributed by atoms with van der Waals surface area (Å²) in [6, 6.07) is 3.30. The molecule has 1 aliphatic carbocycles. The molecule has 2 saturated heterocycles. The molecule has 1 aromatic carbocycles. The van der Waals surface area contributed by atoms with Gasteiger partial charge in [-0.05, 0) is 31.1 Å². The van der Waals surface area contributed by atoms with Crippen LogP contribution in [0.3, 0.4) is 0 Å². The molecule has 12 heteroatoms. The Kier molecular flexibility index (Phi) is 5.79. The molecule has 3 heterocycles. The number of aromatic nitrogens is 2. The van der Waals surface area contributed by atoms with E-state index in [-0.39, 0.29) is 48.9 Å². The first-order valence-electron chi connectivity index (χ1n) is 11.9. The Labute approximate surface area is 205 Å². The number of benzene rings is 1. The Hall–Kier alpha value is -3.44. The minimum atomic E-state index is -2.74. The molecule has 0 amide bonds. The van der Waals surface area contributed by atoms with Crippen molar-refractivity contribution in [3.8, 4) is 5.88 Å². The number of rotatable bonds is 5. The number of hydrogen-bond acceptors (Lipinski definition) is 8. The molecule has 3 fully saturated rings. The third kappa shape index (κ3) is 4.68. The average molecular weight is 505 g/mol. The van der Waals surface area contributed by atoms with Crippen LogP contribution < -0.4 is 14.5 Å². The largest absolute Gasteiger partial charge is 0.404 e. The predicted molar refractivity (Wildman–Crippen MR) is 124 cm³/mol. The number of nitrogens with zero attached hydrogens (tertiary/aromatic N) is 5. The summed E-state index contributed by atoms with van der Waals surface area (Å²) in [5.74, 6) is -4.49. The number of nitro benzene ring substituents is 1. The summed E-state index contributed by atoms with van der Waals surface area (Å²) in [5.41, 5.74) is -0.0759. The van der Waals surface area contributed by atoms with Crippen LogP contribution >= 0.6 is 0 Å². The SMILES string of the molecule is Cc1cc(OC(=O)c2c(F)cc([N+](=O)[O-])cc2N2CC[C@@]3(C)C[C@H]3C2)nc(N2CCC(F)(F)CC2)n1. The molecule has 9 nitrogen and oxygen atoms in total. The van der Waals surface area contributed by atoms with Gasteiger partial charge in [0.2, 0.25) is 11.8 Å². The second kappa shape index (κ2) is 8.59. The molecule has 0 bridgehead atoms. The van der Waals surface area contributed by atoms with Gasteiger partial charge in [0, 0.05) is 56.8 Å². The molecule has 0 unspecified atom stereocenters. The van der Waals surface area contributed by atoms with E-state index < -0.39 is 33.9 Å². The lowest BCUT2D eigenvalue weighted by Crippen LogP contribution is -2.40. The van der Waals surface area contributed by atoms with Crippen LogP contribution in [-0.2, 0) is 0 Å². The fourth-order valence-electron chi connectivity index (χ4n) is 5.09. The van der Waals surface area contributed by atoms with Crippen molar-refractivity contribution in [2.75, 3.05) is 36.0 Å². The number of aryl methyl sites for hydroxylation is 1. The van der Waals surface area contributed by atoms with Crippen molar-refractivity contribution in [3.63, 3.8) is 0 Å². The van der Waals surface area contributed by atoms with Crippen molar-refractivity contribution < 1.29 is 27.6 Å². The molecule has 1 saturated carbocycles. The summed E-state index contributed by atoms with van der Waals surface area (Å²) in [4.78, 5) is 35.7. The normalized spacial score (nSPS) is 24.8. The van der Waals surface area contributed by atoms with Crippen molar-refractivity contribution in [2.45, 2.75) is 45.5 Å². The Morgan fingerprint density at radius 3 is 2.50 bits per heavy atom. The number of esters is 1. The van der Waals surface area contributed by atoms with Crippen LogP contribution in [0.5, 0.6) is 5.88 Å². The molecule has 0 radical (unpaired) electrons. The van der Waals surface area contributed by atoms with Gasteiger partial charge in [-0.2, -0.15) is 4.98 Å². The fourth-order valence-corrected chi connectivity index (χ4v) is 5.09. The molecule has 2 atom stereocenters. The molecule has 1 aromatic heterocycles. The molecule has 0 spiro atoms. The van der Waals surface area contributed by atoms with Crippen molar-refractivity contribution in [3.05, 3.63) is 45.4 Å². The van der Waals surface area contributed by atoms with Gasteiger partial charge in [-0.25, -0.2) is 22.9 Å². The maximum absolute atomic E-state index is 15.1. The number of hydrogen-bond donors (Lipinski definition) is 0. The maximum atomic E-state index is 15.1. The topological polar surface area (TPSA) is 102 Å². The lowest BCUT2D eigenvalue weighted by Gasteiger charge is -2.32. The smallest absolute Gasteiger partial charge is 0.350 e. The van der Waals surface area contributed by atoms with Gasteiger partial charge >= 0.3 is 5.97 Å². The average Bonchev–Trinajstić information content (AvgIpc) is 3.48. The summed E-state index contributed by atoms with van der Waals surface area (Å²) in [6.45, 7) is 4.99. The predicted octanol–water partition coefficient (Wildman–Crippen LogP) is 4.52. The van der Waals surface area contributed by atoms with E-state index in [9.17, 15) is 23.7 Å². The highest BCUT2D eigenvalue weighted by Gasteiger charge is 2.53. The summed E-state index contributed by atoms with van der Waals surface area (Å²) in [5, 5.41) is 11.4. The lowest BCUT2D eigenvalue weighted by atomic mass is 9.96. The van der Waals surface area contributed by atoms with Gasteiger partial charge in [0.25, 0.3) is 11.6 Å². The Bertz CT molecular complexity index is 1230. The number of non-ortho nitro benzene ring substituents is 1. The highest BCUT2D eigenvalue weighted by Crippen LogP contribution is 2.58. The zero-order chi connectivity index (χ0) is 25.8. The van der Waals surface area contributed by atoms with Gasteiger partial charge in [-0.15, -0.1) is 0 Å². The number of nitro groups is 1. The molecule has 5 rings (SSSR count). The number of carbonyl (C=O) groups is 1. The zero-order valence-electron chi connectivity index (χ0n) is 20.0. The molecular formula is C24H26F3N5O4. The fraction of sp³-hybridized carbons (Fsp3) is 0.542.